The summed E-state index contributed by atoms with van der Waals surface area (Å²) < 4.78 is 0. The van der Waals surface area contributed by atoms with Crippen LogP contribution in [0.1, 0.15) is 32.6 Å². The first-order valence-corrected chi connectivity index (χ1v) is 5.39. The average molecular weight is 255 g/mol. The van der Waals surface area contributed by atoms with Gasteiger partial charge in [0.2, 0.25) is 12.2 Å². The van der Waals surface area contributed by atoms with Crippen molar-refractivity contribution in [2.24, 2.45) is 0 Å². The minimum atomic E-state index is 0.369. The van der Waals surface area contributed by atoms with Gasteiger partial charge in [-0.3, -0.25) is 0 Å². The van der Waals surface area contributed by atoms with Crippen LogP contribution in [0.15, 0.2) is 0 Å². The molecule has 0 aliphatic rings. The van der Waals surface area contributed by atoms with E-state index in [9.17, 15) is 0 Å². The van der Waals surface area contributed by atoms with E-state index in [1.807, 2.05) is 0 Å². The van der Waals surface area contributed by atoms with Crippen molar-refractivity contribution in [2.45, 2.75) is 38.0 Å². The molecule has 15 heavy (non-hydrogen) atoms. The Morgan fingerprint density at radius 2 is 1.60 bits per heavy atom. The lowest BCUT2D eigenvalue weighted by Gasteiger charge is -2.02. The second-order valence-corrected chi connectivity index (χ2v) is 3.39. The monoisotopic (exact) mass is 254 g/mol. The largest absolute Gasteiger partial charge is 0.231 e. The van der Waals surface area contributed by atoms with Crippen LogP contribution in [0.2, 0.25) is 0 Å². The van der Waals surface area contributed by atoms with Gasteiger partial charge in [0.25, 0.3) is 0 Å². The summed E-state index contributed by atoms with van der Waals surface area (Å²) >= 11 is 11.3. The van der Waals surface area contributed by atoms with Gasteiger partial charge in [-0.1, -0.05) is 13.3 Å². The number of nitrogens with one attached hydrogen (secondary N) is 2. The summed E-state index contributed by atoms with van der Waals surface area (Å²) in [7, 11) is 0. The van der Waals surface area contributed by atoms with Gasteiger partial charge in [0, 0.05) is 11.3 Å². The molecule has 0 rings (SSSR count). The predicted molar refractivity (Wildman–Crippen MR) is 61.3 cm³/mol. The molecule has 0 aromatic carbocycles. The number of carbonyl (C=O) groups excluding carboxylic acids is 2. The van der Waals surface area contributed by atoms with Crippen LogP contribution in [0.4, 0.5) is 0 Å². The summed E-state index contributed by atoms with van der Waals surface area (Å²) in [6, 6.07) is 0. The first kappa shape index (κ1) is 19.8. The van der Waals surface area contributed by atoms with Crippen LogP contribution in [0.25, 0.3) is 0 Å². The highest BCUT2D eigenvalue weighted by Gasteiger charge is 1.98. The van der Waals surface area contributed by atoms with Gasteiger partial charge < -0.3 is 0 Å². The number of hydrogen-bond donors (Lipinski definition) is 2. The third kappa shape index (κ3) is 42.7. The Labute approximate surface area is 100.0 Å². The Balaban J connectivity index is -0.000000200. The highest BCUT2D eigenvalue weighted by molar-refractivity contribution is 6.20. The maximum absolute atomic E-state index is 8.35. The second kappa shape index (κ2) is 23.3. The lowest BCUT2D eigenvalue weighted by Crippen LogP contribution is -1.94. The van der Waals surface area contributed by atoms with Crippen molar-refractivity contribution in [3.05, 3.63) is 0 Å². The maximum Gasteiger partial charge on any atom is 0.231 e. The predicted octanol–water partition coefficient (Wildman–Crippen LogP) is 3.21. The fraction of sp³-hybridized carbons (Fsp3) is 0.778. The maximum atomic E-state index is 8.35. The molecule has 1 unspecified atom stereocenters. The fourth-order valence-electron chi connectivity index (χ4n) is 0.664. The highest BCUT2D eigenvalue weighted by Crippen LogP contribution is 2.10. The third-order valence-corrected chi connectivity index (χ3v) is 2.14. The molecule has 0 saturated heterocycles. The Bertz CT molecular complexity index is 165. The van der Waals surface area contributed by atoms with Crippen LogP contribution >= 0.6 is 23.2 Å². The second-order valence-electron chi connectivity index (χ2n) is 2.39. The van der Waals surface area contributed by atoms with Crippen molar-refractivity contribution < 1.29 is 9.59 Å². The van der Waals surface area contributed by atoms with Crippen LogP contribution in [0.3, 0.4) is 0 Å². The summed E-state index contributed by atoms with van der Waals surface area (Å²) in [6.07, 6.45) is 5.96. The molecule has 0 radical (unpaired) electrons. The van der Waals surface area contributed by atoms with E-state index in [-0.39, 0.29) is 0 Å². The Kier molecular flexibility index (Phi) is 30.8. The van der Waals surface area contributed by atoms with E-state index in [1.165, 1.54) is 6.42 Å². The number of isocyanates is 2. The van der Waals surface area contributed by atoms with E-state index in [4.69, 9.17) is 43.6 Å². The molecule has 0 spiro atoms. The van der Waals surface area contributed by atoms with Gasteiger partial charge in [0.1, 0.15) is 0 Å². The van der Waals surface area contributed by atoms with E-state index in [2.05, 4.69) is 6.92 Å². The lowest BCUT2D eigenvalue weighted by molar-refractivity contribution is 0.562. The molecule has 0 saturated carbocycles. The van der Waals surface area contributed by atoms with Gasteiger partial charge in [-0.15, -0.1) is 23.2 Å². The lowest BCUT2D eigenvalue weighted by atomic mass is 10.2. The SMILES string of the molecule is CCC(Cl)CCCCCl.N=C=O.N=C=O. The van der Waals surface area contributed by atoms with Crippen LogP contribution < -0.4 is 0 Å². The number of unbranched alkanes of at least 4 members (excludes halogenated alkanes) is 1. The van der Waals surface area contributed by atoms with Crippen LogP contribution in [0.5, 0.6) is 0 Å². The minimum Gasteiger partial charge on any atom is -0.222 e. The third-order valence-electron chi connectivity index (χ3n) is 1.34. The zero-order chi connectivity index (χ0) is 12.5. The van der Waals surface area contributed by atoms with Gasteiger partial charge in [0.15, 0.2) is 0 Å². The minimum absolute atomic E-state index is 0.369. The summed E-state index contributed by atoms with van der Waals surface area (Å²) in [5.74, 6) is 0.771. The van der Waals surface area contributed by atoms with Crippen molar-refractivity contribution in [3.8, 4) is 0 Å². The molecule has 0 aromatic rings. The number of rotatable bonds is 5. The van der Waals surface area contributed by atoms with Crippen LogP contribution in [0, 0.1) is 10.8 Å². The van der Waals surface area contributed by atoms with Crippen molar-refractivity contribution in [1.29, 1.82) is 10.8 Å². The summed E-state index contributed by atoms with van der Waals surface area (Å²) in [5, 5.41) is 11.2. The van der Waals surface area contributed by atoms with Crippen LogP contribution in [-0.4, -0.2) is 23.4 Å². The van der Waals surface area contributed by atoms with E-state index >= 15 is 0 Å². The van der Waals surface area contributed by atoms with E-state index in [0.29, 0.717) is 5.38 Å². The molecule has 4 nitrogen and oxygen atoms in total. The van der Waals surface area contributed by atoms with E-state index in [1.54, 1.807) is 0 Å². The standard InChI is InChI=1S/C7H14Cl2.2CHNO/c1-2-7(9)5-3-4-6-8;2*2-1-3/h7H,2-6H2,1H3;2*2H. The number of alkyl halides is 2. The molecule has 88 valence electrons. The Morgan fingerprint density at radius 3 is 1.87 bits per heavy atom. The molecule has 2 N–H and O–H groups in total. The van der Waals surface area contributed by atoms with Crippen LogP contribution in [-0.2, 0) is 9.59 Å². The molecule has 0 aromatic heterocycles. The Morgan fingerprint density at radius 1 is 1.20 bits per heavy atom. The normalized spacial score (nSPS) is 9.27. The molecule has 0 heterocycles. The summed E-state index contributed by atoms with van der Waals surface area (Å²) in [4.78, 5) is 16.7. The zero-order valence-electron chi connectivity index (χ0n) is 8.69. The topological polar surface area (TPSA) is 81.8 Å². The molecule has 1 atom stereocenters. The van der Waals surface area contributed by atoms with Gasteiger partial charge in [0.05, 0.1) is 0 Å². The summed E-state index contributed by atoms with van der Waals surface area (Å²) in [6.45, 7) is 2.11. The van der Waals surface area contributed by atoms with E-state index in [0.717, 1.165) is 37.3 Å². The Hall–Kier alpha value is -0.660. The molecule has 0 bridgehead atoms. The van der Waals surface area contributed by atoms with Gasteiger partial charge in [-0.05, 0) is 19.3 Å². The molecule has 0 aliphatic heterocycles. The molecular formula is C9H16Cl2N2O2. The van der Waals surface area contributed by atoms with Crippen molar-refractivity contribution >= 4 is 35.4 Å². The molecule has 6 heteroatoms. The highest BCUT2D eigenvalue weighted by atomic mass is 35.5. The van der Waals surface area contributed by atoms with Gasteiger partial charge in [-0.25, -0.2) is 20.4 Å². The average Bonchev–Trinajstić information content (AvgIpc) is 2.20. The molecule has 0 amide bonds. The zero-order valence-corrected chi connectivity index (χ0v) is 10.2. The van der Waals surface area contributed by atoms with E-state index < -0.39 is 0 Å². The molecular weight excluding hydrogens is 239 g/mol. The van der Waals surface area contributed by atoms with Crippen molar-refractivity contribution in [3.63, 3.8) is 0 Å². The number of halogens is 2. The van der Waals surface area contributed by atoms with Crippen molar-refractivity contribution in [1.82, 2.24) is 0 Å². The first-order chi connectivity index (χ1) is 7.14. The van der Waals surface area contributed by atoms with Gasteiger partial charge in [-0.2, -0.15) is 0 Å². The summed E-state index contributed by atoms with van der Waals surface area (Å²) in [5.41, 5.74) is 0. The van der Waals surface area contributed by atoms with Crippen molar-refractivity contribution in [2.75, 3.05) is 5.88 Å². The molecule has 0 fully saturated rings. The van der Waals surface area contributed by atoms with Gasteiger partial charge >= 0.3 is 0 Å². The number of hydrogen-bond acceptors (Lipinski definition) is 4. The molecule has 0 aliphatic carbocycles. The smallest absolute Gasteiger partial charge is 0.222 e. The fourth-order valence-corrected chi connectivity index (χ4v) is 1.01. The quantitative estimate of drug-likeness (QED) is 0.342. The first-order valence-electron chi connectivity index (χ1n) is 4.42.